The molecule has 1 heterocycles. The Morgan fingerprint density at radius 3 is 2.79 bits per heavy atom. The first-order valence-electron chi connectivity index (χ1n) is 7.03. The molecule has 3 unspecified atom stereocenters. The van der Waals surface area contributed by atoms with E-state index in [4.69, 9.17) is 16.0 Å². The first kappa shape index (κ1) is 14.4. The van der Waals surface area contributed by atoms with Gasteiger partial charge in [-0.05, 0) is 48.3 Å². The summed E-state index contributed by atoms with van der Waals surface area (Å²) in [7, 11) is 0. The maximum absolute atomic E-state index is 12.2. The summed E-state index contributed by atoms with van der Waals surface area (Å²) in [4.78, 5) is 12.2. The normalized spacial score (nSPS) is 27.5. The van der Waals surface area contributed by atoms with E-state index < -0.39 is 0 Å². The molecule has 0 radical (unpaired) electrons. The summed E-state index contributed by atoms with van der Waals surface area (Å²) >= 11 is 5.85. The summed E-state index contributed by atoms with van der Waals surface area (Å²) in [5.41, 5.74) is 0.433. The molecule has 0 saturated heterocycles. The lowest BCUT2D eigenvalue weighted by Gasteiger charge is -2.37. The van der Waals surface area contributed by atoms with Gasteiger partial charge in [-0.2, -0.15) is 0 Å². The molecule has 2 rings (SSSR count). The lowest BCUT2D eigenvalue weighted by molar-refractivity contribution is 0.0867. The monoisotopic (exact) mass is 283 g/mol. The van der Waals surface area contributed by atoms with E-state index in [1.165, 1.54) is 19.1 Å². The fourth-order valence-corrected chi connectivity index (χ4v) is 3.27. The van der Waals surface area contributed by atoms with Gasteiger partial charge in [-0.3, -0.25) is 4.79 Å². The molecular formula is C15H22ClNO2. The Hall–Kier alpha value is -0.960. The van der Waals surface area contributed by atoms with Crippen molar-refractivity contribution in [3.63, 3.8) is 0 Å². The standard InChI is InChI=1S/C15H22ClNO2/c1-9(2)11-5-4-10(3)8-13(11)17-15(18)12-6-7-19-14(12)16/h6-7,9-11,13H,4-5,8H2,1-3H3,(H,17,18). The quantitative estimate of drug-likeness (QED) is 0.906. The van der Waals surface area contributed by atoms with E-state index in [1.54, 1.807) is 6.07 Å². The van der Waals surface area contributed by atoms with E-state index in [0.717, 1.165) is 6.42 Å². The van der Waals surface area contributed by atoms with Crippen LogP contribution in [0, 0.1) is 17.8 Å². The summed E-state index contributed by atoms with van der Waals surface area (Å²) in [6.07, 6.45) is 4.93. The van der Waals surface area contributed by atoms with Gasteiger partial charge < -0.3 is 9.73 Å². The molecule has 1 amide bonds. The molecule has 0 aliphatic heterocycles. The summed E-state index contributed by atoms with van der Waals surface area (Å²) in [5.74, 6) is 1.67. The molecule has 1 aromatic heterocycles. The van der Waals surface area contributed by atoms with Crippen molar-refractivity contribution in [1.82, 2.24) is 5.32 Å². The van der Waals surface area contributed by atoms with E-state index in [9.17, 15) is 4.79 Å². The highest BCUT2D eigenvalue weighted by Gasteiger charge is 2.32. The fraction of sp³-hybridized carbons (Fsp3) is 0.667. The first-order chi connectivity index (χ1) is 8.99. The van der Waals surface area contributed by atoms with Crippen LogP contribution in [0.4, 0.5) is 0 Å². The number of carbonyl (C=O) groups is 1. The van der Waals surface area contributed by atoms with E-state index in [2.05, 4.69) is 26.1 Å². The molecular weight excluding hydrogens is 262 g/mol. The van der Waals surface area contributed by atoms with E-state index in [0.29, 0.717) is 23.3 Å². The molecule has 3 nitrogen and oxygen atoms in total. The van der Waals surface area contributed by atoms with Crippen molar-refractivity contribution in [1.29, 1.82) is 0 Å². The lowest BCUT2D eigenvalue weighted by Crippen LogP contribution is -2.45. The summed E-state index contributed by atoms with van der Waals surface area (Å²) in [6.45, 7) is 6.70. The fourth-order valence-electron chi connectivity index (χ4n) is 3.07. The SMILES string of the molecule is CC1CCC(C(C)C)C(NC(=O)c2ccoc2Cl)C1. The van der Waals surface area contributed by atoms with Crippen LogP contribution in [-0.2, 0) is 0 Å². The van der Waals surface area contributed by atoms with E-state index >= 15 is 0 Å². The average molecular weight is 284 g/mol. The molecule has 0 aromatic carbocycles. The van der Waals surface area contributed by atoms with Crippen LogP contribution in [0.5, 0.6) is 0 Å². The predicted molar refractivity (Wildman–Crippen MR) is 76.3 cm³/mol. The van der Waals surface area contributed by atoms with Crippen molar-refractivity contribution < 1.29 is 9.21 Å². The second-order valence-corrected chi connectivity index (χ2v) is 6.36. The number of hydrogen-bond donors (Lipinski definition) is 1. The minimum Gasteiger partial charge on any atom is -0.452 e. The highest BCUT2D eigenvalue weighted by molar-refractivity contribution is 6.32. The molecule has 1 aliphatic carbocycles. The summed E-state index contributed by atoms with van der Waals surface area (Å²) < 4.78 is 4.97. The van der Waals surface area contributed by atoms with Crippen molar-refractivity contribution in [2.75, 3.05) is 0 Å². The number of furan rings is 1. The van der Waals surface area contributed by atoms with Crippen LogP contribution in [0.15, 0.2) is 16.7 Å². The maximum atomic E-state index is 12.2. The van der Waals surface area contributed by atoms with Crippen LogP contribution in [0.3, 0.4) is 0 Å². The number of halogens is 1. The van der Waals surface area contributed by atoms with Crippen LogP contribution in [0.1, 0.15) is 50.4 Å². The van der Waals surface area contributed by atoms with Crippen LogP contribution >= 0.6 is 11.6 Å². The van der Waals surface area contributed by atoms with Crippen LogP contribution in [0.2, 0.25) is 5.22 Å². The van der Waals surface area contributed by atoms with Crippen molar-refractivity contribution >= 4 is 17.5 Å². The smallest absolute Gasteiger partial charge is 0.256 e. The number of carbonyl (C=O) groups excluding carboxylic acids is 1. The number of hydrogen-bond acceptors (Lipinski definition) is 2. The molecule has 1 saturated carbocycles. The number of amides is 1. The first-order valence-corrected chi connectivity index (χ1v) is 7.40. The Bertz CT molecular complexity index is 441. The highest BCUT2D eigenvalue weighted by atomic mass is 35.5. The van der Waals surface area contributed by atoms with E-state index in [1.807, 2.05) is 0 Å². The van der Waals surface area contributed by atoms with Crippen molar-refractivity contribution in [3.8, 4) is 0 Å². The van der Waals surface area contributed by atoms with Gasteiger partial charge in [-0.15, -0.1) is 0 Å². The predicted octanol–water partition coefficient (Wildman–Crippen LogP) is 4.12. The molecule has 1 fully saturated rings. The van der Waals surface area contributed by atoms with Gasteiger partial charge in [0.2, 0.25) is 5.22 Å². The third-order valence-corrected chi connectivity index (χ3v) is 4.49. The number of nitrogens with one attached hydrogen (secondary N) is 1. The topological polar surface area (TPSA) is 42.2 Å². The zero-order chi connectivity index (χ0) is 14.0. The Balaban J connectivity index is 2.07. The summed E-state index contributed by atoms with van der Waals surface area (Å²) in [5, 5.41) is 3.31. The molecule has 0 bridgehead atoms. The number of rotatable bonds is 3. The Kier molecular flexibility index (Phi) is 4.56. The zero-order valence-corrected chi connectivity index (χ0v) is 12.5. The summed E-state index contributed by atoms with van der Waals surface area (Å²) in [6, 6.07) is 1.86. The van der Waals surface area contributed by atoms with Gasteiger partial charge in [-0.25, -0.2) is 0 Å². The molecule has 1 aromatic rings. The third kappa shape index (κ3) is 3.33. The van der Waals surface area contributed by atoms with E-state index in [-0.39, 0.29) is 17.2 Å². The van der Waals surface area contributed by atoms with Crippen LogP contribution < -0.4 is 5.32 Å². The zero-order valence-electron chi connectivity index (χ0n) is 11.8. The third-order valence-electron chi connectivity index (χ3n) is 4.20. The highest BCUT2D eigenvalue weighted by Crippen LogP contribution is 2.33. The van der Waals surface area contributed by atoms with Crippen LogP contribution in [-0.4, -0.2) is 11.9 Å². The van der Waals surface area contributed by atoms with Gasteiger partial charge in [0.1, 0.15) is 0 Å². The van der Waals surface area contributed by atoms with Gasteiger partial charge >= 0.3 is 0 Å². The Morgan fingerprint density at radius 1 is 1.47 bits per heavy atom. The van der Waals surface area contributed by atoms with Crippen molar-refractivity contribution in [2.24, 2.45) is 17.8 Å². The molecule has 19 heavy (non-hydrogen) atoms. The Labute approximate surface area is 119 Å². The largest absolute Gasteiger partial charge is 0.452 e. The molecule has 1 N–H and O–H groups in total. The minimum atomic E-state index is -0.122. The second-order valence-electron chi connectivity index (χ2n) is 6.01. The van der Waals surface area contributed by atoms with Crippen LogP contribution in [0.25, 0.3) is 0 Å². The van der Waals surface area contributed by atoms with Gasteiger partial charge in [-0.1, -0.05) is 27.2 Å². The minimum absolute atomic E-state index is 0.122. The molecule has 1 aliphatic rings. The van der Waals surface area contributed by atoms with Crippen molar-refractivity contribution in [2.45, 2.75) is 46.1 Å². The van der Waals surface area contributed by atoms with Gasteiger partial charge in [0.15, 0.2) is 0 Å². The van der Waals surface area contributed by atoms with Crippen molar-refractivity contribution in [3.05, 3.63) is 23.1 Å². The molecule has 3 atom stereocenters. The Morgan fingerprint density at radius 2 is 2.21 bits per heavy atom. The average Bonchev–Trinajstić information content (AvgIpc) is 2.75. The van der Waals surface area contributed by atoms with Gasteiger partial charge in [0.05, 0.1) is 11.8 Å². The molecule has 0 spiro atoms. The van der Waals surface area contributed by atoms with Gasteiger partial charge in [0, 0.05) is 6.04 Å². The molecule has 4 heteroatoms. The molecule has 106 valence electrons. The second kappa shape index (κ2) is 6.00. The maximum Gasteiger partial charge on any atom is 0.256 e. The van der Waals surface area contributed by atoms with Gasteiger partial charge in [0.25, 0.3) is 5.91 Å². The lowest BCUT2D eigenvalue weighted by atomic mass is 9.74.